The van der Waals surface area contributed by atoms with E-state index < -0.39 is 4.92 Å². The summed E-state index contributed by atoms with van der Waals surface area (Å²) in [6.45, 7) is 0.477. The minimum atomic E-state index is -0.395. The molecular weight excluding hydrogens is 278 g/mol. The average molecular weight is 289 g/mol. The maximum atomic E-state index is 11.3. The molecule has 0 spiro atoms. The number of rotatable bonds is 4. The molecule has 0 atom stereocenters. The molecule has 20 heavy (non-hydrogen) atoms. The van der Waals surface area contributed by atoms with E-state index in [1.54, 1.807) is 22.5 Å². The van der Waals surface area contributed by atoms with E-state index in [0.29, 0.717) is 17.7 Å². The van der Waals surface area contributed by atoms with Gasteiger partial charge in [-0.1, -0.05) is 0 Å². The Bertz CT molecular complexity index is 779. The molecule has 1 N–H and O–H groups in total. The predicted octanol–water partition coefficient (Wildman–Crippen LogP) is 2.55. The SMILES string of the molecule is Cn1cc(CNc2ccc3scnc3c2[N+](=O)[O-])cn1. The smallest absolute Gasteiger partial charge is 0.319 e. The molecule has 0 fully saturated rings. The van der Waals surface area contributed by atoms with Gasteiger partial charge in [-0.25, -0.2) is 4.98 Å². The van der Waals surface area contributed by atoms with E-state index in [4.69, 9.17) is 0 Å². The number of hydrogen-bond donors (Lipinski definition) is 1. The molecule has 0 radical (unpaired) electrons. The lowest BCUT2D eigenvalue weighted by atomic mass is 10.2. The first-order valence-corrected chi connectivity index (χ1v) is 6.75. The third kappa shape index (κ3) is 2.21. The van der Waals surface area contributed by atoms with Crippen molar-refractivity contribution in [2.45, 2.75) is 6.54 Å². The van der Waals surface area contributed by atoms with Crippen LogP contribution in [0.3, 0.4) is 0 Å². The van der Waals surface area contributed by atoms with Crippen molar-refractivity contribution < 1.29 is 4.92 Å². The van der Waals surface area contributed by atoms with E-state index in [2.05, 4.69) is 15.4 Å². The Morgan fingerprint density at radius 3 is 3.05 bits per heavy atom. The number of nitro benzene ring substituents is 1. The third-order valence-electron chi connectivity index (χ3n) is 2.90. The van der Waals surface area contributed by atoms with Crippen LogP contribution in [0.4, 0.5) is 11.4 Å². The maximum absolute atomic E-state index is 11.3. The van der Waals surface area contributed by atoms with Gasteiger partial charge in [-0.2, -0.15) is 5.10 Å². The molecule has 1 aromatic carbocycles. The molecule has 0 saturated carbocycles. The Hall–Kier alpha value is -2.48. The molecule has 2 aromatic heterocycles. The molecule has 0 aliphatic rings. The molecule has 2 heterocycles. The van der Waals surface area contributed by atoms with Crippen molar-refractivity contribution in [3.63, 3.8) is 0 Å². The highest BCUT2D eigenvalue weighted by atomic mass is 32.1. The molecule has 102 valence electrons. The molecule has 3 aromatic rings. The molecule has 0 aliphatic heterocycles. The molecular formula is C12H11N5O2S. The zero-order valence-corrected chi connectivity index (χ0v) is 11.4. The molecule has 3 rings (SSSR count). The van der Waals surface area contributed by atoms with Gasteiger partial charge in [0, 0.05) is 25.4 Å². The molecule has 0 aliphatic carbocycles. The second-order valence-corrected chi connectivity index (χ2v) is 5.18. The zero-order valence-electron chi connectivity index (χ0n) is 10.6. The number of anilines is 1. The van der Waals surface area contributed by atoms with Crippen molar-refractivity contribution >= 4 is 32.9 Å². The fourth-order valence-electron chi connectivity index (χ4n) is 2.00. The van der Waals surface area contributed by atoms with Gasteiger partial charge in [0.05, 0.1) is 21.3 Å². The second kappa shape index (κ2) is 4.89. The van der Waals surface area contributed by atoms with Gasteiger partial charge in [-0.15, -0.1) is 11.3 Å². The summed E-state index contributed by atoms with van der Waals surface area (Å²) in [5, 5.41) is 18.4. The maximum Gasteiger partial charge on any atom is 0.319 e. The number of benzene rings is 1. The lowest BCUT2D eigenvalue weighted by Gasteiger charge is -2.06. The third-order valence-corrected chi connectivity index (χ3v) is 3.69. The van der Waals surface area contributed by atoms with Crippen LogP contribution in [0.1, 0.15) is 5.56 Å². The Labute approximate surface area is 118 Å². The molecule has 8 heteroatoms. The molecule has 0 bridgehead atoms. The number of nitrogens with one attached hydrogen (secondary N) is 1. The van der Waals surface area contributed by atoms with Gasteiger partial charge in [-0.3, -0.25) is 14.8 Å². The van der Waals surface area contributed by atoms with Crippen molar-refractivity contribution in [3.8, 4) is 0 Å². The lowest BCUT2D eigenvalue weighted by Crippen LogP contribution is -2.02. The Kier molecular flexibility index (Phi) is 3.07. The van der Waals surface area contributed by atoms with Crippen LogP contribution in [0, 0.1) is 10.1 Å². The number of hydrogen-bond acceptors (Lipinski definition) is 6. The summed E-state index contributed by atoms with van der Waals surface area (Å²) < 4.78 is 2.50. The highest BCUT2D eigenvalue weighted by molar-refractivity contribution is 7.16. The van der Waals surface area contributed by atoms with Crippen molar-refractivity contribution in [1.29, 1.82) is 0 Å². The van der Waals surface area contributed by atoms with Crippen LogP contribution in [0.5, 0.6) is 0 Å². The minimum Gasteiger partial charge on any atom is -0.375 e. The highest BCUT2D eigenvalue weighted by Crippen LogP contribution is 2.34. The van der Waals surface area contributed by atoms with Gasteiger partial charge in [0.25, 0.3) is 0 Å². The van der Waals surface area contributed by atoms with Crippen LogP contribution in [0.15, 0.2) is 30.0 Å². The normalized spacial score (nSPS) is 10.8. The van der Waals surface area contributed by atoms with Crippen LogP contribution in [-0.4, -0.2) is 19.7 Å². The van der Waals surface area contributed by atoms with E-state index in [9.17, 15) is 10.1 Å². The Morgan fingerprint density at radius 1 is 1.50 bits per heavy atom. The van der Waals surface area contributed by atoms with E-state index in [0.717, 1.165) is 10.3 Å². The van der Waals surface area contributed by atoms with Crippen molar-refractivity contribution in [3.05, 3.63) is 45.7 Å². The summed E-state index contributed by atoms with van der Waals surface area (Å²) in [5.41, 5.74) is 3.49. The molecule has 7 nitrogen and oxygen atoms in total. The monoisotopic (exact) mass is 289 g/mol. The Balaban J connectivity index is 1.94. The number of thiazole rings is 1. The summed E-state index contributed by atoms with van der Waals surface area (Å²) in [5.74, 6) is 0. The van der Waals surface area contributed by atoms with Gasteiger partial charge < -0.3 is 5.32 Å². The number of fused-ring (bicyclic) bond motifs is 1. The summed E-state index contributed by atoms with van der Waals surface area (Å²) in [6, 6.07) is 3.56. The fourth-order valence-corrected chi connectivity index (χ4v) is 2.68. The van der Waals surface area contributed by atoms with Gasteiger partial charge in [0.2, 0.25) is 0 Å². The van der Waals surface area contributed by atoms with E-state index in [-0.39, 0.29) is 5.69 Å². The van der Waals surface area contributed by atoms with Crippen LogP contribution < -0.4 is 5.32 Å². The minimum absolute atomic E-state index is 0.0210. The molecule has 0 amide bonds. The fraction of sp³-hybridized carbons (Fsp3) is 0.167. The van der Waals surface area contributed by atoms with Gasteiger partial charge >= 0.3 is 5.69 Å². The highest BCUT2D eigenvalue weighted by Gasteiger charge is 2.20. The van der Waals surface area contributed by atoms with Gasteiger partial charge in [-0.05, 0) is 12.1 Å². The first-order valence-electron chi connectivity index (χ1n) is 5.87. The van der Waals surface area contributed by atoms with Crippen LogP contribution in [0.25, 0.3) is 10.2 Å². The summed E-state index contributed by atoms with van der Waals surface area (Å²) in [4.78, 5) is 14.9. The number of nitro groups is 1. The van der Waals surface area contributed by atoms with Crippen molar-refractivity contribution in [1.82, 2.24) is 14.8 Å². The van der Waals surface area contributed by atoms with Gasteiger partial charge in [0.15, 0.2) is 5.52 Å². The van der Waals surface area contributed by atoms with Crippen molar-refractivity contribution in [2.75, 3.05) is 5.32 Å². The quantitative estimate of drug-likeness (QED) is 0.589. The summed E-state index contributed by atoms with van der Waals surface area (Å²) in [6.07, 6.45) is 3.58. The number of aryl methyl sites for hydroxylation is 1. The van der Waals surface area contributed by atoms with Gasteiger partial charge in [0.1, 0.15) is 5.69 Å². The van der Waals surface area contributed by atoms with E-state index >= 15 is 0 Å². The molecule has 0 saturated heterocycles. The van der Waals surface area contributed by atoms with Crippen LogP contribution in [0.2, 0.25) is 0 Å². The van der Waals surface area contributed by atoms with Crippen molar-refractivity contribution in [2.24, 2.45) is 7.05 Å². The lowest BCUT2D eigenvalue weighted by molar-refractivity contribution is -0.382. The van der Waals surface area contributed by atoms with Crippen LogP contribution >= 0.6 is 11.3 Å². The first-order chi connectivity index (χ1) is 9.65. The van der Waals surface area contributed by atoms with E-state index in [1.165, 1.54) is 11.3 Å². The average Bonchev–Trinajstić information content (AvgIpc) is 3.03. The van der Waals surface area contributed by atoms with E-state index in [1.807, 2.05) is 19.3 Å². The summed E-state index contributed by atoms with van der Waals surface area (Å²) >= 11 is 1.39. The van der Waals surface area contributed by atoms with Crippen LogP contribution in [-0.2, 0) is 13.6 Å². The summed E-state index contributed by atoms with van der Waals surface area (Å²) in [7, 11) is 1.83. The Morgan fingerprint density at radius 2 is 2.35 bits per heavy atom. The second-order valence-electron chi connectivity index (χ2n) is 4.29. The molecule has 0 unspecified atom stereocenters. The predicted molar refractivity (Wildman–Crippen MR) is 76.8 cm³/mol. The largest absolute Gasteiger partial charge is 0.375 e. The first kappa shape index (κ1) is 12.5. The topological polar surface area (TPSA) is 85.9 Å². The number of aromatic nitrogens is 3. The zero-order chi connectivity index (χ0) is 14.1. The number of nitrogens with zero attached hydrogens (tertiary/aromatic N) is 4. The standard InChI is InChI=1S/C12H11N5O2S/c1-16-6-8(5-15-16)4-13-9-2-3-10-11(14-7-20-10)12(9)17(18)19/h2-3,5-7,13H,4H2,1H3.